The highest BCUT2D eigenvalue weighted by Crippen LogP contribution is 2.18. The summed E-state index contributed by atoms with van der Waals surface area (Å²) in [6.07, 6.45) is 4.15. The first kappa shape index (κ1) is 43.2. The zero-order chi connectivity index (χ0) is 39.9. The quantitative estimate of drug-likeness (QED) is 0.0738. The van der Waals surface area contributed by atoms with Crippen molar-refractivity contribution < 1.29 is 34.7 Å². The normalized spacial score (nSPS) is 12.1. The van der Waals surface area contributed by atoms with Gasteiger partial charge in [-0.3, -0.25) is 19.1 Å². The molecular weight excluding hydrogens is 765 g/mol. The van der Waals surface area contributed by atoms with Crippen LogP contribution < -0.4 is 29.4 Å². The Balaban J connectivity index is 1.19. The molecule has 0 fully saturated rings. The van der Waals surface area contributed by atoms with Crippen molar-refractivity contribution in [1.82, 2.24) is 9.80 Å². The maximum absolute atomic E-state index is 13.0. The standard InChI is InChI=1S/C38H52N6O8S3/c1-43(26-28-51-37-17-13-34(14-18-37)40-53(2,45)46)24-21-32-7-11-36(12-8-32)42-55(49,50)30-4-23-44(25-22-31-5-9-33(39)10-6-31)27-29-52-38-19-15-35(16-20-38)41-54(3,47)48/h5-20,40-42H,4,21-30,39H2,1-3H3. The number of ether oxygens (including phenoxy) is 2. The van der Waals surface area contributed by atoms with Gasteiger partial charge in [-0.05, 0) is 117 Å². The SMILES string of the molecule is CN(CCOc1ccc(NS(C)(=O)=O)cc1)CCc1ccc(NS(=O)(=O)CCCN(CCOc2ccc(NS(C)(=O)=O)cc2)CCc2ccc(N)cc2)cc1. The second-order valence-corrected chi connectivity index (χ2v) is 18.7. The van der Waals surface area contributed by atoms with Crippen molar-refractivity contribution in [3.63, 3.8) is 0 Å². The number of nitrogens with zero attached hydrogens (tertiary/aromatic N) is 2. The Morgan fingerprint density at radius 1 is 0.545 bits per heavy atom. The van der Waals surface area contributed by atoms with E-state index in [-0.39, 0.29) is 5.75 Å². The van der Waals surface area contributed by atoms with Crippen LogP contribution in [0.15, 0.2) is 97.1 Å². The molecule has 17 heteroatoms. The topological polar surface area (TPSA) is 189 Å². The Hall–Kier alpha value is -4.55. The fourth-order valence-corrected chi connectivity index (χ4v) is 7.70. The summed E-state index contributed by atoms with van der Waals surface area (Å²) in [5.74, 6) is 1.20. The van der Waals surface area contributed by atoms with E-state index < -0.39 is 30.1 Å². The Bertz CT molecular complexity index is 2100. The summed E-state index contributed by atoms with van der Waals surface area (Å²) >= 11 is 0. The number of rotatable bonds is 24. The smallest absolute Gasteiger partial charge is 0.232 e. The number of likely N-dealkylation sites (N-methyl/N-ethyl adjacent to an activating group) is 1. The number of nitrogens with one attached hydrogen (secondary N) is 3. The van der Waals surface area contributed by atoms with Crippen LogP contribution in [-0.4, -0.2) is 106 Å². The van der Waals surface area contributed by atoms with E-state index in [9.17, 15) is 25.3 Å². The first-order valence-corrected chi connectivity index (χ1v) is 23.2. The van der Waals surface area contributed by atoms with Crippen LogP contribution >= 0.6 is 0 Å². The predicted molar refractivity (Wildman–Crippen MR) is 221 cm³/mol. The first-order chi connectivity index (χ1) is 26.0. The third kappa shape index (κ3) is 17.6. The summed E-state index contributed by atoms with van der Waals surface area (Å²) in [6, 6.07) is 28.5. The van der Waals surface area contributed by atoms with E-state index >= 15 is 0 Å². The number of hydrogen-bond acceptors (Lipinski definition) is 11. The Labute approximate surface area is 326 Å². The fraction of sp³-hybridized carbons (Fsp3) is 0.368. The molecule has 300 valence electrons. The van der Waals surface area contributed by atoms with E-state index in [4.69, 9.17) is 15.2 Å². The molecule has 0 saturated carbocycles. The molecule has 4 rings (SSSR count). The van der Waals surface area contributed by atoms with Crippen molar-refractivity contribution in [1.29, 1.82) is 0 Å². The molecule has 14 nitrogen and oxygen atoms in total. The lowest BCUT2D eigenvalue weighted by atomic mass is 10.1. The number of hydrogen-bond donors (Lipinski definition) is 4. The lowest BCUT2D eigenvalue weighted by molar-refractivity contribution is 0.210. The van der Waals surface area contributed by atoms with Gasteiger partial charge in [0, 0.05) is 48.9 Å². The summed E-state index contributed by atoms with van der Waals surface area (Å²) in [5.41, 5.74) is 10.2. The van der Waals surface area contributed by atoms with Gasteiger partial charge in [0.25, 0.3) is 0 Å². The lowest BCUT2D eigenvalue weighted by Crippen LogP contribution is -2.33. The zero-order valence-electron chi connectivity index (χ0n) is 31.5. The van der Waals surface area contributed by atoms with Crippen molar-refractivity contribution in [3.05, 3.63) is 108 Å². The van der Waals surface area contributed by atoms with Gasteiger partial charge in [0.1, 0.15) is 24.7 Å². The minimum absolute atomic E-state index is 0.0443. The molecule has 55 heavy (non-hydrogen) atoms. The molecule has 0 spiro atoms. The molecule has 0 aliphatic rings. The van der Waals surface area contributed by atoms with Crippen LogP contribution in [0, 0.1) is 0 Å². The van der Waals surface area contributed by atoms with Crippen molar-refractivity contribution in [2.24, 2.45) is 0 Å². The Morgan fingerprint density at radius 2 is 0.982 bits per heavy atom. The van der Waals surface area contributed by atoms with Crippen LogP contribution in [0.25, 0.3) is 0 Å². The summed E-state index contributed by atoms with van der Waals surface area (Å²) in [6.45, 7) is 4.10. The molecule has 0 unspecified atom stereocenters. The van der Waals surface area contributed by atoms with E-state index in [0.717, 1.165) is 43.0 Å². The summed E-state index contributed by atoms with van der Waals surface area (Å²) in [5, 5.41) is 0. The maximum Gasteiger partial charge on any atom is 0.232 e. The molecule has 0 aliphatic carbocycles. The minimum Gasteiger partial charge on any atom is -0.492 e. The minimum atomic E-state index is -3.59. The third-order valence-corrected chi connectivity index (χ3v) is 10.9. The molecule has 4 aromatic rings. The number of nitrogens with two attached hydrogens (primary N) is 1. The molecule has 0 saturated heterocycles. The van der Waals surface area contributed by atoms with Gasteiger partial charge in [-0.15, -0.1) is 0 Å². The van der Waals surface area contributed by atoms with E-state index in [1.165, 1.54) is 0 Å². The molecule has 0 heterocycles. The third-order valence-electron chi connectivity index (χ3n) is 8.33. The van der Waals surface area contributed by atoms with E-state index in [2.05, 4.69) is 24.0 Å². The highest BCUT2D eigenvalue weighted by atomic mass is 32.2. The Morgan fingerprint density at radius 3 is 1.49 bits per heavy atom. The number of anilines is 4. The highest BCUT2D eigenvalue weighted by Gasteiger charge is 2.14. The van der Waals surface area contributed by atoms with Gasteiger partial charge in [-0.25, -0.2) is 25.3 Å². The molecule has 0 radical (unpaired) electrons. The van der Waals surface area contributed by atoms with Crippen molar-refractivity contribution in [2.75, 3.05) is 91.1 Å². The van der Waals surface area contributed by atoms with Crippen molar-refractivity contribution in [3.8, 4) is 11.5 Å². The molecule has 0 amide bonds. The Kier molecular flexibility index (Phi) is 16.0. The number of nitrogen functional groups attached to an aromatic ring is 1. The van der Waals surface area contributed by atoms with Gasteiger partial charge >= 0.3 is 0 Å². The van der Waals surface area contributed by atoms with Crippen LogP contribution in [0.2, 0.25) is 0 Å². The van der Waals surface area contributed by atoms with Crippen LogP contribution in [0.4, 0.5) is 22.7 Å². The molecule has 0 bridgehead atoms. The molecule has 5 N–H and O–H groups in total. The number of benzene rings is 4. The first-order valence-electron chi connectivity index (χ1n) is 17.8. The van der Waals surface area contributed by atoms with E-state index in [1.54, 1.807) is 60.7 Å². The van der Waals surface area contributed by atoms with E-state index in [1.807, 2.05) is 43.4 Å². The average Bonchev–Trinajstić information content (AvgIpc) is 3.11. The second-order valence-electron chi connectivity index (χ2n) is 13.4. The van der Waals surface area contributed by atoms with Gasteiger partial charge in [0.2, 0.25) is 30.1 Å². The maximum atomic E-state index is 13.0. The van der Waals surface area contributed by atoms with Crippen molar-refractivity contribution >= 4 is 52.8 Å². The summed E-state index contributed by atoms with van der Waals surface area (Å²) in [7, 11) is -8.30. The van der Waals surface area contributed by atoms with Crippen molar-refractivity contribution in [2.45, 2.75) is 19.3 Å². The van der Waals surface area contributed by atoms with Crippen LogP contribution in [0.3, 0.4) is 0 Å². The fourth-order valence-electron chi connectivity index (χ4n) is 5.47. The average molecular weight is 817 g/mol. The van der Waals surface area contributed by atoms with E-state index in [0.29, 0.717) is 80.1 Å². The summed E-state index contributed by atoms with van der Waals surface area (Å²) in [4.78, 5) is 4.31. The van der Waals surface area contributed by atoms with Gasteiger partial charge in [-0.2, -0.15) is 0 Å². The molecular formula is C38H52N6O8S3. The molecule has 0 aromatic heterocycles. The van der Waals surface area contributed by atoms with Crippen LogP contribution in [0.1, 0.15) is 17.5 Å². The monoisotopic (exact) mass is 816 g/mol. The van der Waals surface area contributed by atoms with Gasteiger partial charge in [0.05, 0.1) is 18.3 Å². The predicted octanol–water partition coefficient (Wildman–Crippen LogP) is 4.32. The van der Waals surface area contributed by atoms with Crippen LogP contribution in [0.5, 0.6) is 11.5 Å². The zero-order valence-corrected chi connectivity index (χ0v) is 33.9. The van der Waals surface area contributed by atoms with Gasteiger partial charge in [0.15, 0.2) is 0 Å². The number of sulfonamides is 3. The molecule has 0 atom stereocenters. The lowest BCUT2D eigenvalue weighted by Gasteiger charge is -2.23. The van der Waals surface area contributed by atoms with Gasteiger partial charge in [-0.1, -0.05) is 24.3 Å². The summed E-state index contributed by atoms with van der Waals surface area (Å²) < 4.78 is 91.0. The molecule has 0 aliphatic heterocycles. The second kappa shape index (κ2) is 20.4. The van der Waals surface area contributed by atoms with Crippen LogP contribution in [-0.2, 0) is 42.9 Å². The largest absolute Gasteiger partial charge is 0.492 e. The molecule has 4 aromatic carbocycles. The van der Waals surface area contributed by atoms with Gasteiger partial charge < -0.3 is 20.1 Å². The highest BCUT2D eigenvalue weighted by molar-refractivity contribution is 7.92.